The maximum Gasteiger partial charge on any atom is 0.157 e. The van der Waals surface area contributed by atoms with Crippen molar-refractivity contribution in [2.24, 2.45) is 5.92 Å². The quantitative estimate of drug-likeness (QED) is 0.693. The van der Waals surface area contributed by atoms with E-state index in [0.717, 1.165) is 25.3 Å². The third-order valence-electron chi connectivity index (χ3n) is 2.10. The van der Waals surface area contributed by atoms with Gasteiger partial charge in [-0.25, -0.2) is 0 Å². The summed E-state index contributed by atoms with van der Waals surface area (Å²) in [5.74, 6) is 0.725. The number of ketones is 1. The molecule has 13 heavy (non-hydrogen) atoms. The Morgan fingerprint density at radius 3 is 2.92 bits per heavy atom. The fourth-order valence-corrected chi connectivity index (χ4v) is 1.38. The minimum absolute atomic E-state index is 0.238. The van der Waals surface area contributed by atoms with Crippen molar-refractivity contribution >= 4 is 5.78 Å². The molecule has 0 heterocycles. The molecule has 3 nitrogen and oxygen atoms in total. The lowest BCUT2D eigenvalue weighted by atomic mass is 10.2. The number of hydrogen-bond donors (Lipinski definition) is 1. The first-order chi connectivity index (χ1) is 6.22. The van der Waals surface area contributed by atoms with Crippen molar-refractivity contribution in [1.29, 1.82) is 0 Å². The van der Waals surface area contributed by atoms with E-state index in [0.29, 0.717) is 12.3 Å². The Morgan fingerprint density at radius 2 is 2.38 bits per heavy atom. The van der Waals surface area contributed by atoms with E-state index in [2.05, 4.69) is 12.2 Å². The third-order valence-corrected chi connectivity index (χ3v) is 2.10. The molecule has 1 aliphatic carbocycles. The lowest BCUT2D eigenvalue weighted by molar-refractivity contribution is -0.114. The molecule has 0 aromatic heterocycles. The Hall–Kier alpha value is -0.830. The van der Waals surface area contributed by atoms with E-state index >= 15 is 0 Å². The maximum atomic E-state index is 10.9. The normalized spacial score (nSPS) is 18.6. The molecule has 1 N–H and O–H groups in total. The highest BCUT2D eigenvalue weighted by molar-refractivity contribution is 5.92. The van der Waals surface area contributed by atoms with Crippen LogP contribution in [0.25, 0.3) is 0 Å². The van der Waals surface area contributed by atoms with Gasteiger partial charge in [-0.1, -0.05) is 6.92 Å². The summed E-state index contributed by atoms with van der Waals surface area (Å²) < 4.78 is 5.01. The van der Waals surface area contributed by atoms with Crippen molar-refractivity contribution < 1.29 is 9.53 Å². The van der Waals surface area contributed by atoms with Gasteiger partial charge < -0.3 is 10.1 Å². The zero-order chi connectivity index (χ0) is 9.68. The standard InChI is InChI=1S/C10H17NO2/c1-8(7-13-2)6-11-9-3-4-10(12)5-9/h5,8,11H,3-4,6-7H2,1-2H3. The lowest BCUT2D eigenvalue weighted by Gasteiger charge is -2.12. The largest absolute Gasteiger partial charge is 0.388 e. The monoisotopic (exact) mass is 183 g/mol. The molecule has 1 unspecified atom stereocenters. The molecule has 74 valence electrons. The first-order valence-corrected chi connectivity index (χ1v) is 4.68. The predicted molar refractivity (Wildman–Crippen MR) is 51.4 cm³/mol. The second-order valence-electron chi connectivity index (χ2n) is 3.58. The van der Waals surface area contributed by atoms with Crippen LogP contribution in [-0.4, -0.2) is 26.0 Å². The van der Waals surface area contributed by atoms with Crippen LogP contribution >= 0.6 is 0 Å². The summed E-state index contributed by atoms with van der Waals surface area (Å²) in [5, 5.41) is 3.26. The molecular formula is C10H17NO2. The van der Waals surface area contributed by atoms with Crippen LogP contribution in [0.3, 0.4) is 0 Å². The Bertz CT molecular complexity index is 211. The van der Waals surface area contributed by atoms with Gasteiger partial charge in [-0.05, 0) is 12.3 Å². The van der Waals surface area contributed by atoms with Crippen molar-refractivity contribution in [3.63, 3.8) is 0 Å². The van der Waals surface area contributed by atoms with Gasteiger partial charge in [0, 0.05) is 31.8 Å². The summed E-state index contributed by atoms with van der Waals surface area (Å²) in [5.41, 5.74) is 1.08. The Kier molecular flexibility index (Phi) is 3.96. The molecule has 0 saturated carbocycles. The highest BCUT2D eigenvalue weighted by Gasteiger charge is 2.11. The fraction of sp³-hybridized carbons (Fsp3) is 0.700. The zero-order valence-electron chi connectivity index (χ0n) is 8.30. The molecule has 0 aromatic rings. The molecule has 3 heteroatoms. The number of nitrogens with one attached hydrogen (secondary N) is 1. The van der Waals surface area contributed by atoms with Crippen molar-refractivity contribution in [2.75, 3.05) is 20.3 Å². The smallest absolute Gasteiger partial charge is 0.157 e. The molecule has 0 spiro atoms. The van der Waals surface area contributed by atoms with E-state index in [-0.39, 0.29) is 5.78 Å². The van der Waals surface area contributed by atoms with Crippen molar-refractivity contribution in [3.8, 4) is 0 Å². The van der Waals surface area contributed by atoms with E-state index in [9.17, 15) is 4.79 Å². The summed E-state index contributed by atoms with van der Waals surface area (Å²) in [4.78, 5) is 10.9. The molecule has 1 aliphatic rings. The van der Waals surface area contributed by atoms with E-state index in [4.69, 9.17) is 4.74 Å². The van der Waals surface area contributed by atoms with Crippen LogP contribution in [0.2, 0.25) is 0 Å². The zero-order valence-corrected chi connectivity index (χ0v) is 8.30. The highest BCUT2D eigenvalue weighted by atomic mass is 16.5. The third kappa shape index (κ3) is 3.59. The number of ether oxygens (including phenoxy) is 1. The van der Waals surface area contributed by atoms with Crippen LogP contribution in [-0.2, 0) is 9.53 Å². The van der Waals surface area contributed by atoms with Crippen molar-refractivity contribution in [2.45, 2.75) is 19.8 Å². The first kappa shape index (κ1) is 10.3. The number of methoxy groups -OCH3 is 1. The molecule has 0 saturated heterocycles. The lowest BCUT2D eigenvalue weighted by Crippen LogP contribution is -2.22. The fourth-order valence-electron chi connectivity index (χ4n) is 1.38. The Labute approximate surface area is 79.2 Å². The summed E-state index contributed by atoms with van der Waals surface area (Å²) in [6.07, 6.45) is 3.25. The molecule has 0 fully saturated rings. The maximum absolute atomic E-state index is 10.9. The average molecular weight is 183 g/mol. The number of carbonyl (C=O) groups is 1. The van der Waals surface area contributed by atoms with Crippen LogP contribution in [0.5, 0.6) is 0 Å². The van der Waals surface area contributed by atoms with E-state index < -0.39 is 0 Å². The SMILES string of the molecule is COCC(C)CNC1=CC(=O)CC1. The van der Waals surface area contributed by atoms with Crippen LogP contribution in [0.15, 0.2) is 11.8 Å². The topological polar surface area (TPSA) is 38.3 Å². The van der Waals surface area contributed by atoms with Crippen LogP contribution in [0.1, 0.15) is 19.8 Å². The Balaban J connectivity index is 2.19. The van der Waals surface area contributed by atoms with Gasteiger partial charge in [0.25, 0.3) is 0 Å². The minimum atomic E-state index is 0.238. The van der Waals surface area contributed by atoms with Gasteiger partial charge in [0.2, 0.25) is 0 Å². The molecule has 0 aliphatic heterocycles. The van der Waals surface area contributed by atoms with Gasteiger partial charge in [0.15, 0.2) is 5.78 Å². The average Bonchev–Trinajstić information content (AvgIpc) is 2.49. The molecule has 0 aromatic carbocycles. The highest BCUT2D eigenvalue weighted by Crippen LogP contribution is 2.11. The molecule has 0 radical (unpaired) electrons. The van der Waals surface area contributed by atoms with Gasteiger partial charge in [0.1, 0.15) is 0 Å². The minimum Gasteiger partial charge on any atom is -0.388 e. The summed E-state index contributed by atoms with van der Waals surface area (Å²) in [6.45, 7) is 3.76. The van der Waals surface area contributed by atoms with Gasteiger partial charge in [-0.3, -0.25) is 4.79 Å². The van der Waals surface area contributed by atoms with Crippen LogP contribution in [0.4, 0.5) is 0 Å². The molecule has 1 atom stereocenters. The second kappa shape index (κ2) is 5.02. The summed E-state index contributed by atoms with van der Waals surface area (Å²) >= 11 is 0. The van der Waals surface area contributed by atoms with Gasteiger partial charge in [-0.15, -0.1) is 0 Å². The second-order valence-corrected chi connectivity index (χ2v) is 3.58. The van der Waals surface area contributed by atoms with Gasteiger partial charge >= 0.3 is 0 Å². The molecular weight excluding hydrogens is 166 g/mol. The van der Waals surface area contributed by atoms with Crippen molar-refractivity contribution in [1.82, 2.24) is 5.32 Å². The van der Waals surface area contributed by atoms with E-state index in [1.165, 1.54) is 0 Å². The van der Waals surface area contributed by atoms with Crippen LogP contribution < -0.4 is 5.32 Å². The van der Waals surface area contributed by atoms with Gasteiger partial charge in [-0.2, -0.15) is 0 Å². The summed E-state index contributed by atoms with van der Waals surface area (Å²) in [6, 6.07) is 0. The predicted octanol–water partition coefficient (Wildman–Crippen LogP) is 1.11. The molecule has 1 rings (SSSR count). The summed E-state index contributed by atoms with van der Waals surface area (Å²) in [7, 11) is 1.70. The number of hydrogen-bond acceptors (Lipinski definition) is 3. The molecule has 0 bridgehead atoms. The first-order valence-electron chi connectivity index (χ1n) is 4.68. The molecule has 0 amide bonds. The Morgan fingerprint density at radius 1 is 1.62 bits per heavy atom. The van der Waals surface area contributed by atoms with Crippen molar-refractivity contribution in [3.05, 3.63) is 11.8 Å². The number of carbonyl (C=O) groups excluding carboxylic acids is 1. The number of allylic oxidation sites excluding steroid dienone is 2. The van der Waals surface area contributed by atoms with E-state index in [1.807, 2.05) is 0 Å². The van der Waals surface area contributed by atoms with Crippen LogP contribution in [0, 0.1) is 5.92 Å². The van der Waals surface area contributed by atoms with E-state index in [1.54, 1.807) is 13.2 Å². The van der Waals surface area contributed by atoms with Gasteiger partial charge in [0.05, 0.1) is 6.61 Å². The number of rotatable bonds is 5.